The van der Waals surface area contributed by atoms with Gasteiger partial charge in [0.25, 0.3) is 5.91 Å². The molecule has 0 saturated carbocycles. The summed E-state index contributed by atoms with van der Waals surface area (Å²) in [5.41, 5.74) is 2.78. The molecule has 7 nitrogen and oxygen atoms in total. The monoisotopic (exact) mass is 364 g/mol. The molecule has 0 unspecified atom stereocenters. The second-order valence-corrected chi connectivity index (χ2v) is 6.77. The van der Waals surface area contributed by atoms with Gasteiger partial charge in [0.05, 0.1) is 5.69 Å². The van der Waals surface area contributed by atoms with E-state index >= 15 is 0 Å². The van der Waals surface area contributed by atoms with Gasteiger partial charge in [0.15, 0.2) is 5.82 Å². The van der Waals surface area contributed by atoms with Gasteiger partial charge in [0, 0.05) is 37.9 Å². The van der Waals surface area contributed by atoms with Crippen LogP contribution >= 0.6 is 0 Å². The van der Waals surface area contributed by atoms with Crippen LogP contribution in [-0.4, -0.2) is 45.0 Å². The van der Waals surface area contributed by atoms with Crippen molar-refractivity contribution in [3.8, 4) is 11.3 Å². The molecule has 7 heteroatoms. The highest BCUT2D eigenvalue weighted by Gasteiger charge is 2.23. The van der Waals surface area contributed by atoms with Gasteiger partial charge in [-0.25, -0.2) is 0 Å². The smallest absolute Gasteiger partial charge is 0.269 e. The van der Waals surface area contributed by atoms with Crippen LogP contribution in [0.1, 0.15) is 30.3 Å². The maximum absolute atomic E-state index is 12.5. The van der Waals surface area contributed by atoms with Crippen molar-refractivity contribution in [3.05, 3.63) is 54.4 Å². The molecule has 4 rings (SSSR count). The zero-order valence-electron chi connectivity index (χ0n) is 15.4. The Kier molecular flexibility index (Phi) is 4.91. The number of amides is 1. The van der Waals surface area contributed by atoms with Crippen molar-refractivity contribution in [1.29, 1.82) is 0 Å². The number of carbonyl (C=O) groups is 1. The standard InChI is InChI=1S/C20H24N6O/c1-2-26-18(8-11-21-26)20(27)22-16-9-12-25(13-10-16)19-14-17(23-24-19)15-6-4-3-5-7-15/h3-8,11,14,16H,2,9-10,12-13H2,1H3,(H,22,27)(H,23,24). The fourth-order valence-electron chi connectivity index (χ4n) is 3.53. The van der Waals surface area contributed by atoms with Crippen LogP contribution < -0.4 is 10.2 Å². The molecule has 1 amide bonds. The molecule has 0 spiro atoms. The molecule has 1 aliphatic heterocycles. The van der Waals surface area contributed by atoms with Crippen LogP contribution in [0.25, 0.3) is 11.3 Å². The lowest BCUT2D eigenvalue weighted by Crippen LogP contribution is -2.45. The molecule has 1 fully saturated rings. The SMILES string of the molecule is CCn1nccc1C(=O)NC1CCN(c2cc(-c3ccccc3)[nH]n2)CC1. The highest BCUT2D eigenvalue weighted by atomic mass is 16.2. The van der Waals surface area contributed by atoms with Crippen LogP contribution in [0.3, 0.4) is 0 Å². The first-order valence-corrected chi connectivity index (χ1v) is 9.43. The summed E-state index contributed by atoms with van der Waals surface area (Å²) >= 11 is 0. The van der Waals surface area contributed by atoms with Crippen molar-refractivity contribution in [2.24, 2.45) is 0 Å². The number of hydrogen-bond acceptors (Lipinski definition) is 4. The third-order valence-electron chi connectivity index (χ3n) is 5.05. The summed E-state index contributed by atoms with van der Waals surface area (Å²) in [5, 5.41) is 14.9. The van der Waals surface area contributed by atoms with Crippen molar-refractivity contribution in [1.82, 2.24) is 25.3 Å². The van der Waals surface area contributed by atoms with E-state index in [0.29, 0.717) is 12.2 Å². The fourth-order valence-corrected chi connectivity index (χ4v) is 3.53. The largest absolute Gasteiger partial charge is 0.355 e. The number of aromatic nitrogens is 4. The molecule has 1 aromatic carbocycles. The van der Waals surface area contributed by atoms with E-state index in [0.717, 1.165) is 43.0 Å². The number of aryl methyl sites for hydroxylation is 1. The number of carbonyl (C=O) groups excluding carboxylic acids is 1. The van der Waals surface area contributed by atoms with Gasteiger partial charge >= 0.3 is 0 Å². The Morgan fingerprint density at radius 3 is 2.74 bits per heavy atom. The predicted octanol–water partition coefficient (Wildman–Crippen LogP) is 2.69. The number of anilines is 1. The molecular formula is C20H24N6O. The summed E-state index contributed by atoms with van der Waals surface area (Å²) in [6.45, 7) is 4.42. The van der Waals surface area contributed by atoms with Crippen LogP contribution in [0.15, 0.2) is 48.7 Å². The molecule has 2 aromatic heterocycles. The van der Waals surface area contributed by atoms with Crippen LogP contribution in [0.2, 0.25) is 0 Å². The molecule has 0 aliphatic carbocycles. The lowest BCUT2D eigenvalue weighted by atomic mass is 10.0. The van der Waals surface area contributed by atoms with E-state index < -0.39 is 0 Å². The molecule has 140 valence electrons. The van der Waals surface area contributed by atoms with Gasteiger partial charge in [0.2, 0.25) is 0 Å². The summed E-state index contributed by atoms with van der Waals surface area (Å²) < 4.78 is 1.72. The first kappa shape index (κ1) is 17.3. The second kappa shape index (κ2) is 7.65. The summed E-state index contributed by atoms with van der Waals surface area (Å²) in [6, 6.07) is 14.2. The van der Waals surface area contributed by atoms with E-state index in [-0.39, 0.29) is 11.9 Å². The normalized spacial score (nSPS) is 15.1. The minimum absolute atomic E-state index is 0.0427. The number of rotatable bonds is 5. The van der Waals surface area contributed by atoms with Gasteiger partial charge in [-0.1, -0.05) is 30.3 Å². The third-order valence-corrected chi connectivity index (χ3v) is 5.05. The molecule has 0 radical (unpaired) electrons. The first-order chi connectivity index (χ1) is 13.2. The Hall–Kier alpha value is -3.09. The highest BCUT2D eigenvalue weighted by Crippen LogP contribution is 2.24. The van der Waals surface area contributed by atoms with E-state index in [9.17, 15) is 4.79 Å². The highest BCUT2D eigenvalue weighted by molar-refractivity contribution is 5.92. The Bertz CT molecular complexity index is 892. The van der Waals surface area contributed by atoms with Crippen LogP contribution in [0, 0.1) is 0 Å². The third kappa shape index (κ3) is 3.72. The number of benzene rings is 1. The van der Waals surface area contributed by atoms with Crippen molar-refractivity contribution in [2.45, 2.75) is 32.4 Å². The number of H-pyrrole nitrogens is 1. The average Bonchev–Trinajstić information content (AvgIpc) is 3.39. The Labute approximate surface area is 158 Å². The molecule has 1 saturated heterocycles. The van der Waals surface area contributed by atoms with Crippen LogP contribution in [0.5, 0.6) is 0 Å². The van der Waals surface area contributed by atoms with E-state index in [2.05, 4.69) is 43.7 Å². The van der Waals surface area contributed by atoms with Gasteiger partial charge in [-0.05, 0) is 31.4 Å². The van der Waals surface area contributed by atoms with Crippen molar-refractivity contribution in [2.75, 3.05) is 18.0 Å². The molecular weight excluding hydrogens is 340 g/mol. The minimum Gasteiger partial charge on any atom is -0.355 e. The lowest BCUT2D eigenvalue weighted by Gasteiger charge is -2.32. The topological polar surface area (TPSA) is 78.8 Å². The molecule has 0 atom stereocenters. The van der Waals surface area contributed by atoms with Crippen molar-refractivity contribution < 1.29 is 4.79 Å². The fraction of sp³-hybridized carbons (Fsp3) is 0.350. The van der Waals surface area contributed by atoms with Gasteiger partial charge in [-0.15, -0.1) is 0 Å². The summed E-state index contributed by atoms with van der Waals surface area (Å²) in [7, 11) is 0. The van der Waals surface area contributed by atoms with Crippen molar-refractivity contribution >= 4 is 11.7 Å². The number of nitrogens with one attached hydrogen (secondary N) is 2. The maximum atomic E-state index is 12.5. The van der Waals surface area contributed by atoms with E-state index in [1.54, 1.807) is 16.9 Å². The minimum atomic E-state index is -0.0427. The molecule has 0 bridgehead atoms. The van der Waals surface area contributed by atoms with Gasteiger partial charge in [0.1, 0.15) is 5.69 Å². The van der Waals surface area contributed by atoms with Gasteiger partial charge in [-0.3, -0.25) is 14.6 Å². The number of hydrogen-bond donors (Lipinski definition) is 2. The average molecular weight is 364 g/mol. The maximum Gasteiger partial charge on any atom is 0.269 e. The number of aromatic amines is 1. The van der Waals surface area contributed by atoms with E-state index in [1.165, 1.54) is 0 Å². The van der Waals surface area contributed by atoms with E-state index in [1.807, 2.05) is 25.1 Å². The summed E-state index contributed by atoms with van der Waals surface area (Å²) in [4.78, 5) is 14.7. The second-order valence-electron chi connectivity index (χ2n) is 6.77. The van der Waals surface area contributed by atoms with Crippen LogP contribution in [-0.2, 0) is 6.54 Å². The quantitative estimate of drug-likeness (QED) is 0.730. The summed E-state index contributed by atoms with van der Waals surface area (Å²) in [6.07, 6.45) is 3.47. The first-order valence-electron chi connectivity index (χ1n) is 9.43. The molecule has 27 heavy (non-hydrogen) atoms. The van der Waals surface area contributed by atoms with Crippen molar-refractivity contribution in [3.63, 3.8) is 0 Å². The molecule has 3 heterocycles. The Morgan fingerprint density at radius 2 is 2.00 bits per heavy atom. The molecule has 1 aliphatic rings. The Balaban J connectivity index is 1.34. The zero-order valence-corrected chi connectivity index (χ0v) is 15.4. The van der Waals surface area contributed by atoms with E-state index in [4.69, 9.17) is 0 Å². The summed E-state index contributed by atoms with van der Waals surface area (Å²) in [5.74, 6) is 0.918. The van der Waals surface area contributed by atoms with Crippen LogP contribution in [0.4, 0.5) is 5.82 Å². The number of piperidine rings is 1. The van der Waals surface area contributed by atoms with Gasteiger partial charge < -0.3 is 10.2 Å². The number of nitrogens with zero attached hydrogens (tertiary/aromatic N) is 4. The molecule has 2 N–H and O–H groups in total. The predicted molar refractivity (Wildman–Crippen MR) is 105 cm³/mol. The zero-order chi connectivity index (χ0) is 18.6. The lowest BCUT2D eigenvalue weighted by molar-refractivity contribution is 0.0920. The molecule has 3 aromatic rings. The van der Waals surface area contributed by atoms with Gasteiger partial charge in [-0.2, -0.15) is 10.2 Å². The Morgan fingerprint density at radius 1 is 1.22 bits per heavy atom.